The van der Waals surface area contributed by atoms with Crippen molar-refractivity contribution in [3.63, 3.8) is 0 Å². The van der Waals surface area contributed by atoms with Crippen LogP contribution in [0.5, 0.6) is 5.75 Å². The van der Waals surface area contributed by atoms with E-state index in [1.807, 2.05) is 0 Å². The first-order chi connectivity index (χ1) is 14.2. The molecule has 1 aromatic carbocycles. The minimum absolute atomic E-state index is 0.279. The molecule has 0 aliphatic carbocycles. The number of hydrogen-bond acceptors (Lipinski definition) is 9. The standard InChI is InChI=1S/C16H20N2O12S/c19-12(20)5-17(6-13(21)22)3-9-1-11(31(28,29)30)2-10(16(9)27)4-18(7-14(23)24)8-15(25)26/h1-2,27H,3-8H2,(H,19,20)(H,21,22)(H,23,24)(H,25,26)(H,28,29,30). The number of phenolic OH excluding ortho intramolecular Hbond substituents is 1. The Balaban J connectivity index is 3.44. The first-order valence-electron chi connectivity index (χ1n) is 8.33. The fraction of sp³-hybridized carbons (Fsp3) is 0.375. The molecule has 0 atom stereocenters. The van der Waals surface area contributed by atoms with Crippen molar-refractivity contribution in [3.8, 4) is 5.75 Å². The molecule has 6 N–H and O–H groups in total. The Bertz CT molecular complexity index is 884. The monoisotopic (exact) mass is 464 g/mol. The van der Waals surface area contributed by atoms with Crippen molar-refractivity contribution in [3.05, 3.63) is 23.3 Å². The largest absolute Gasteiger partial charge is 0.507 e. The Morgan fingerprint density at radius 2 is 1.00 bits per heavy atom. The van der Waals surface area contributed by atoms with Gasteiger partial charge in [0, 0.05) is 24.2 Å². The lowest BCUT2D eigenvalue weighted by atomic mass is 10.1. The van der Waals surface area contributed by atoms with E-state index in [1.165, 1.54) is 0 Å². The van der Waals surface area contributed by atoms with Gasteiger partial charge in [0.1, 0.15) is 5.75 Å². The van der Waals surface area contributed by atoms with Gasteiger partial charge in [-0.25, -0.2) is 0 Å². The van der Waals surface area contributed by atoms with E-state index in [0.717, 1.165) is 21.9 Å². The van der Waals surface area contributed by atoms with Crippen molar-refractivity contribution in [1.82, 2.24) is 9.80 Å². The summed E-state index contributed by atoms with van der Waals surface area (Å²) in [6.45, 7) is -4.22. The third-order valence-corrected chi connectivity index (χ3v) is 4.59. The molecule has 0 aromatic heterocycles. The van der Waals surface area contributed by atoms with Gasteiger partial charge in [-0.05, 0) is 12.1 Å². The van der Waals surface area contributed by atoms with Crippen molar-refractivity contribution in [2.45, 2.75) is 18.0 Å². The van der Waals surface area contributed by atoms with Crippen LogP contribution in [0.2, 0.25) is 0 Å². The molecule has 0 amide bonds. The van der Waals surface area contributed by atoms with Crippen molar-refractivity contribution < 1.29 is 57.7 Å². The highest BCUT2D eigenvalue weighted by Gasteiger charge is 2.23. The smallest absolute Gasteiger partial charge is 0.317 e. The van der Waals surface area contributed by atoms with Crippen LogP contribution in [0.15, 0.2) is 17.0 Å². The molecule has 0 aliphatic rings. The normalized spacial score (nSPS) is 11.6. The first kappa shape index (κ1) is 25.8. The number of carboxylic acids is 4. The summed E-state index contributed by atoms with van der Waals surface area (Å²) in [5.41, 5.74) is -0.559. The number of carbonyl (C=O) groups is 4. The topological polar surface area (TPSA) is 230 Å². The molecule has 0 saturated heterocycles. The van der Waals surface area contributed by atoms with Gasteiger partial charge >= 0.3 is 23.9 Å². The van der Waals surface area contributed by atoms with Gasteiger partial charge in [0.05, 0.1) is 31.1 Å². The van der Waals surface area contributed by atoms with E-state index < -0.39 is 83.9 Å². The van der Waals surface area contributed by atoms with Crippen LogP contribution < -0.4 is 0 Å². The Morgan fingerprint density at radius 1 is 0.710 bits per heavy atom. The number of nitrogens with zero attached hydrogens (tertiary/aromatic N) is 2. The van der Waals surface area contributed by atoms with Gasteiger partial charge in [-0.15, -0.1) is 0 Å². The number of phenols is 1. The predicted octanol–water partition coefficient (Wildman–Crippen LogP) is -1.42. The summed E-state index contributed by atoms with van der Waals surface area (Å²) >= 11 is 0. The molecular weight excluding hydrogens is 444 g/mol. The van der Waals surface area contributed by atoms with Crippen molar-refractivity contribution >= 4 is 34.0 Å². The maximum Gasteiger partial charge on any atom is 0.317 e. The van der Waals surface area contributed by atoms with Crippen LogP contribution in [0.1, 0.15) is 11.1 Å². The Morgan fingerprint density at radius 3 is 1.23 bits per heavy atom. The van der Waals surface area contributed by atoms with Crippen molar-refractivity contribution in [2.24, 2.45) is 0 Å². The zero-order valence-corrected chi connectivity index (χ0v) is 16.6. The fourth-order valence-corrected chi connectivity index (χ4v) is 3.28. The molecule has 0 fully saturated rings. The molecule has 172 valence electrons. The Kier molecular flexibility index (Phi) is 8.87. The van der Waals surface area contributed by atoms with Gasteiger partial charge in [0.25, 0.3) is 10.1 Å². The molecule has 31 heavy (non-hydrogen) atoms. The SMILES string of the molecule is O=C(O)CN(CC(=O)O)Cc1cc(S(=O)(=O)O)cc(CN(CC(=O)O)CC(=O)O)c1O. The van der Waals surface area contributed by atoms with E-state index in [-0.39, 0.29) is 11.1 Å². The molecule has 0 aliphatic heterocycles. The number of carboxylic acid groups (broad SMARTS) is 4. The summed E-state index contributed by atoms with van der Waals surface area (Å²) in [5.74, 6) is -6.25. The maximum atomic E-state index is 11.6. The highest BCUT2D eigenvalue weighted by molar-refractivity contribution is 7.85. The van der Waals surface area contributed by atoms with E-state index in [4.69, 9.17) is 20.4 Å². The van der Waals surface area contributed by atoms with Crippen LogP contribution in [0, 0.1) is 0 Å². The van der Waals surface area contributed by atoms with E-state index in [0.29, 0.717) is 0 Å². The third kappa shape index (κ3) is 8.95. The molecule has 0 heterocycles. The molecule has 0 saturated carbocycles. The number of aromatic hydroxyl groups is 1. The lowest BCUT2D eigenvalue weighted by Gasteiger charge is -2.22. The second kappa shape index (κ2) is 10.7. The molecule has 0 unspecified atom stereocenters. The van der Waals surface area contributed by atoms with Gasteiger partial charge < -0.3 is 25.5 Å². The summed E-state index contributed by atoms with van der Waals surface area (Å²) < 4.78 is 32.6. The number of aliphatic carboxylic acids is 4. The average molecular weight is 464 g/mol. The van der Waals surface area contributed by atoms with Crippen LogP contribution in [0.25, 0.3) is 0 Å². The molecule has 0 bridgehead atoms. The van der Waals surface area contributed by atoms with E-state index in [1.54, 1.807) is 0 Å². The summed E-state index contributed by atoms with van der Waals surface area (Å²) in [5, 5.41) is 46.2. The molecule has 15 heteroatoms. The minimum atomic E-state index is -4.84. The van der Waals surface area contributed by atoms with Crippen LogP contribution in [0.4, 0.5) is 0 Å². The number of hydrogen-bond donors (Lipinski definition) is 6. The lowest BCUT2D eigenvalue weighted by Crippen LogP contribution is -2.35. The molecule has 0 spiro atoms. The average Bonchev–Trinajstić information content (AvgIpc) is 2.54. The van der Waals surface area contributed by atoms with Gasteiger partial charge in [-0.3, -0.25) is 33.5 Å². The second-order valence-electron chi connectivity index (χ2n) is 6.43. The van der Waals surface area contributed by atoms with Crippen LogP contribution in [-0.4, -0.2) is 98.4 Å². The van der Waals surface area contributed by atoms with Crippen molar-refractivity contribution in [2.75, 3.05) is 26.2 Å². The van der Waals surface area contributed by atoms with Gasteiger partial charge in [0.15, 0.2) is 0 Å². The summed E-state index contributed by atoms with van der Waals surface area (Å²) in [4.78, 5) is 44.8. The second-order valence-corrected chi connectivity index (χ2v) is 7.85. The highest BCUT2D eigenvalue weighted by Crippen LogP contribution is 2.29. The van der Waals surface area contributed by atoms with Crippen molar-refractivity contribution in [1.29, 1.82) is 0 Å². The molecule has 1 rings (SSSR count). The zero-order chi connectivity index (χ0) is 23.9. The molecular formula is C16H20N2O12S. The summed E-state index contributed by atoms with van der Waals surface area (Å²) in [6, 6.07) is 1.59. The van der Waals surface area contributed by atoms with E-state index >= 15 is 0 Å². The molecule has 1 aromatic rings. The first-order valence-corrected chi connectivity index (χ1v) is 9.77. The Hall–Kier alpha value is -3.27. The third-order valence-electron chi connectivity index (χ3n) is 3.76. The van der Waals surface area contributed by atoms with Gasteiger partial charge in [-0.2, -0.15) is 8.42 Å². The van der Waals surface area contributed by atoms with Gasteiger partial charge in [-0.1, -0.05) is 0 Å². The summed E-state index contributed by atoms with van der Waals surface area (Å²) in [7, 11) is -4.84. The van der Waals surface area contributed by atoms with Crippen LogP contribution in [-0.2, 0) is 42.4 Å². The van der Waals surface area contributed by atoms with E-state index in [9.17, 15) is 37.3 Å². The Labute approximate surface area is 175 Å². The maximum absolute atomic E-state index is 11.6. The number of benzene rings is 1. The summed E-state index contributed by atoms with van der Waals surface area (Å²) in [6.07, 6.45) is 0. The van der Waals surface area contributed by atoms with E-state index in [2.05, 4.69) is 0 Å². The predicted molar refractivity (Wildman–Crippen MR) is 99.0 cm³/mol. The number of rotatable bonds is 13. The highest BCUT2D eigenvalue weighted by atomic mass is 32.2. The zero-order valence-electron chi connectivity index (χ0n) is 15.8. The fourth-order valence-electron chi connectivity index (χ4n) is 2.70. The van der Waals surface area contributed by atoms with Crippen LogP contribution in [0.3, 0.4) is 0 Å². The molecule has 0 radical (unpaired) electrons. The van der Waals surface area contributed by atoms with Crippen LogP contribution >= 0.6 is 0 Å². The minimum Gasteiger partial charge on any atom is -0.507 e. The van der Waals surface area contributed by atoms with Gasteiger partial charge in [0.2, 0.25) is 0 Å². The molecule has 14 nitrogen and oxygen atoms in total. The lowest BCUT2D eigenvalue weighted by molar-refractivity contribution is -0.144. The quantitative estimate of drug-likeness (QED) is 0.184.